The van der Waals surface area contributed by atoms with Crippen LogP contribution in [-0.2, 0) is 9.59 Å². The van der Waals surface area contributed by atoms with E-state index in [4.69, 9.17) is 15.2 Å². The summed E-state index contributed by atoms with van der Waals surface area (Å²) >= 11 is 0. The number of methoxy groups -OCH3 is 1. The Morgan fingerprint density at radius 2 is 1.66 bits per heavy atom. The number of para-hydroxylation sites is 1. The van der Waals surface area contributed by atoms with Crippen molar-refractivity contribution in [1.29, 1.82) is 0 Å². The van der Waals surface area contributed by atoms with Gasteiger partial charge in [-0.2, -0.15) is 0 Å². The highest BCUT2D eigenvalue weighted by Gasteiger charge is 2.46. The molecular weight excluding hydrogens is 484 g/mol. The summed E-state index contributed by atoms with van der Waals surface area (Å²) in [5.41, 5.74) is 4.60. The molecule has 3 amide bonds. The molecular formula is C29H38N4O5. The zero-order valence-electron chi connectivity index (χ0n) is 22.4. The summed E-state index contributed by atoms with van der Waals surface area (Å²) in [7, 11) is 1.68. The molecule has 2 heterocycles. The Morgan fingerprint density at radius 1 is 1.03 bits per heavy atom. The van der Waals surface area contributed by atoms with E-state index in [1.54, 1.807) is 45.2 Å². The minimum atomic E-state index is -1.25. The highest BCUT2D eigenvalue weighted by Crippen LogP contribution is 2.35. The van der Waals surface area contributed by atoms with Crippen molar-refractivity contribution >= 4 is 17.7 Å². The van der Waals surface area contributed by atoms with Gasteiger partial charge in [0, 0.05) is 18.7 Å². The first kappa shape index (κ1) is 27.4. The molecule has 2 saturated heterocycles. The van der Waals surface area contributed by atoms with Crippen molar-refractivity contribution in [3.05, 3.63) is 59.7 Å². The lowest BCUT2D eigenvalue weighted by Gasteiger charge is -2.44. The first-order valence-corrected chi connectivity index (χ1v) is 13.2. The van der Waals surface area contributed by atoms with E-state index in [9.17, 15) is 14.4 Å². The molecule has 0 unspecified atom stereocenters. The van der Waals surface area contributed by atoms with Gasteiger partial charge in [0.25, 0.3) is 5.91 Å². The highest BCUT2D eigenvalue weighted by atomic mass is 16.5. The van der Waals surface area contributed by atoms with Crippen LogP contribution in [0, 0.1) is 0 Å². The van der Waals surface area contributed by atoms with Crippen molar-refractivity contribution in [1.82, 2.24) is 15.5 Å². The standard InChI is InChI=1S/C29H38N4O5/c1-28(2,38-22-10-8-21(9-11-22)25(30)34)26(35)32-29(14-16-31-17-15-29)27(36)33-18-12-20(13-19-33)23-6-4-5-7-24(23)37-3/h4-11,20,31H,12-19H2,1-3H3,(H2,30,34)(H,32,35). The number of primary amides is 1. The van der Waals surface area contributed by atoms with Gasteiger partial charge in [0.1, 0.15) is 17.0 Å². The molecule has 0 saturated carbocycles. The van der Waals surface area contributed by atoms with Gasteiger partial charge in [0.15, 0.2) is 5.60 Å². The SMILES string of the molecule is COc1ccccc1C1CCN(C(=O)C2(NC(=O)C(C)(C)Oc3ccc(C(N)=O)cc3)CCNCC2)CC1. The molecule has 0 aromatic heterocycles. The van der Waals surface area contributed by atoms with Crippen molar-refractivity contribution < 1.29 is 23.9 Å². The van der Waals surface area contributed by atoms with Gasteiger partial charge in [-0.1, -0.05) is 18.2 Å². The first-order chi connectivity index (χ1) is 18.1. The smallest absolute Gasteiger partial charge is 0.264 e. The predicted octanol–water partition coefficient (Wildman–Crippen LogP) is 2.60. The Balaban J connectivity index is 1.44. The highest BCUT2D eigenvalue weighted by molar-refractivity contribution is 5.95. The minimum absolute atomic E-state index is 0.0348. The summed E-state index contributed by atoms with van der Waals surface area (Å²) < 4.78 is 11.5. The number of ether oxygens (including phenoxy) is 2. The van der Waals surface area contributed by atoms with E-state index in [-0.39, 0.29) is 11.8 Å². The number of nitrogens with two attached hydrogens (primary N) is 1. The number of rotatable bonds is 8. The lowest BCUT2D eigenvalue weighted by atomic mass is 9.83. The lowest BCUT2D eigenvalue weighted by Crippen LogP contribution is -2.66. The summed E-state index contributed by atoms with van der Waals surface area (Å²) in [5, 5.41) is 6.39. The van der Waals surface area contributed by atoms with Crippen LogP contribution in [0.25, 0.3) is 0 Å². The molecule has 0 radical (unpaired) electrons. The Labute approximate surface area is 224 Å². The van der Waals surface area contributed by atoms with Gasteiger partial charge in [-0.25, -0.2) is 0 Å². The number of hydrogen-bond acceptors (Lipinski definition) is 6. The van der Waals surface area contributed by atoms with Gasteiger partial charge in [-0.15, -0.1) is 0 Å². The Hall–Kier alpha value is -3.59. The van der Waals surface area contributed by atoms with Crippen LogP contribution >= 0.6 is 0 Å². The molecule has 204 valence electrons. The average molecular weight is 523 g/mol. The maximum atomic E-state index is 13.9. The number of carbonyl (C=O) groups is 3. The van der Waals surface area contributed by atoms with E-state index < -0.39 is 17.0 Å². The molecule has 2 aromatic carbocycles. The number of likely N-dealkylation sites (tertiary alicyclic amines) is 1. The summed E-state index contributed by atoms with van der Waals surface area (Å²) in [4.78, 5) is 40.7. The molecule has 2 fully saturated rings. The van der Waals surface area contributed by atoms with Gasteiger partial charge in [0.2, 0.25) is 11.8 Å². The number of amides is 3. The largest absolute Gasteiger partial charge is 0.496 e. The van der Waals surface area contributed by atoms with Crippen LogP contribution < -0.4 is 25.8 Å². The van der Waals surface area contributed by atoms with Crippen LogP contribution in [-0.4, -0.2) is 67.1 Å². The summed E-state index contributed by atoms with van der Waals surface area (Å²) in [6.45, 7) is 5.86. The van der Waals surface area contributed by atoms with Crippen LogP contribution in [0.3, 0.4) is 0 Å². The second-order valence-corrected chi connectivity index (χ2v) is 10.6. The molecule has 4 N–H and O–H groups in total. The normalized spacial score (nSPS) is 17.9. The van der Waals surface area contributed by atoms with Crippen LogP contribution in [0.1, 0.15) is 61.4 Å². The Morgan fingerprint density at radius 3 is 2.26 bits per heavy atom. The maximum Gasteiger partial charge on any atom is 0.264 e. The van der Waals surface area contributed by atoms with E-state index in [0.29, 0.717) is 56.3 Å². The summed E-state index contributed by atoms with van der Waals surface area (Å²) in [6, 6.07) is 14.4. The van der Waals surface area contributed by atoms with Crippen molar-refractivity contribution in [2.75, 3.05) is 33.3 Å². The lowest BCUT2D eigenvalue weighted by molar-refractivity contribution is -0.148. The molecule has 9 nitrogen and oxygen atoms in total. The number of nitrogens with one attached hydrogen (secondary N) is 2. The zero-order chi connectivity index (χ0) is 27.3. The summed E-state index contributed by atoms with van der Waals surface area (Å²) in [6.07, 6.45) is 2.69. The molecule has 2 aliphatic rings. The van der Waals surface area contributed by atoms with Gasteiger partial charge in [-0.05, 0) is 94.4 Å². The monoisotopic (exact) mass is 522 g/mol. The van der Waals surface area contributed by atoms with Crippen molar-refractivity contribution in [2.24, 2.45) is 5.73 Å². The van der Waals surface area contributed by atoms with Crippen LogP contribution in [0.15, 0.2) is 48.5 Å². The molecule has 0 aliphatic carbocycles. The van der Waals surface area contributed by atoms with Crippen molar-refractivity contribution in [3.63, 3.8) is 0 Å². The molecule has 38 heavy (non-hydrogen) atoms. The molecule has 0 atom stereocenters. The van der Waals surface area contributed by atoms with Crippen LogP contribution in [0.2, 0.25) is 0 Å². The third kappa shape index (κ3) is 5.93. The molecule has 9 heteroatoms. The quantitative estimate of drug-likeness (QED) is 0.490. The van der Waals surface area contributed by atoms with Gasteiger partial charge in [0.05, 0.1) is 7.11 Å². The molecule has 2 aromatic rings. The van der Waals surface area contributed by atoms with Crippen molar-refractivity contribution in [3.8, 4) is 11.5 Å². The summed E-state index contributed by atoms with van der Waals surface area (Å²) in [5.74, 6) is 0.696. The Bertz CT molecular complexity index is 1150. The minimum Gasteiger partial charge on any atom is -0.496 e. The van der Waals surface area contributed by atoms with Gasteiger partial charge < -0.3 is 30.7 Å². The molecule has 2 aliphatic heterocycles. The number of piperidine rings is 2. The third-order valence-electron chi connectivity index (χ3n) is 7.64. The van der Waals surface area contributed by atoms with Crippen LogP contribution in [0.5, 0.6) is 11.5 Å². The van der Waals surface area contributed by atoms with Crippen LogP contribution in [0.4, 0.5) is 0 Å². The van der Waals surface area contributed by atoms with Gasteiger partial charge in [-0.3, -0.25) is 14.4 Å². The first-order valence-electron chi connectivity index (χ1n) is 13.2. The fraction of sp³-hybridized carbons (Fsp3) is 0.483. The van der Waals surface area contributed by atoms with E-state index in [1.807, 2.05) is 23.1 Å². The van der Waals surface area contributed by atoms with E-state index in [2.05, 4.69) is 16.7 Å². The predicted molar refractivity (Wildman–Crippen MR) is 144 cm³/mol. The number of carbonyl (C=O) groups excluding carboxylic acids is 3. The fourth-order valence-electron chi connectivity index (χ4n) is 5.34. The zero-order valence-corrected chi connectivity index (χ0v) is 22.4. The van der Waals surface area contributed by atoms with E-state index >= 15 is 0 Å². The Kier molecular flexibility index (Phi) is 8.26. The average Bonchev–Trinajstić information content (AvgIpc) is 2.93. The van der Waals surface area contributed by atoms with Crippen molar-refractivity contribution in [2.45, 2.75) is 56.6 Å². The molecule has 0 bridgehead atoms. The topological polar surface area (TPSA) is 123 Å². The second kappa shape index (κ2) is 11.4. The number of benzene rings is 2. The van der Waals surface area contributed by atoms with E-state index in [0.717, 1.165) is 18.6 Å². The van der Waals surface area contributed by atoms with E-state index in [1.165, 1.54) is 5.56 Å². The third-order valence-corrected chi connectivity index (χ3v) is 7.64. The maximum absolute atomic E-state index is 13.9. The molecule has 4 rings (SSSR count). The van der Waals surface area contributed by atoms with Gasteiger partial charge >= 0.3 is 0 Å². The number of hydrogen-bond donors (Lipinski definition) is 3. The fourth-order valence-corrected chi connectivity index (χ4v) is 5.34. The molecule has 0 spiro atoms. The number of nitrogens with zero attached hydrogens (tertiary/aromatic N) is 1. The second-order valence-electron chi connectivity index (χ2n) is 10.6.